The van der Waals surface area contributed by atoms with Crippen LogP contribution in [-0.2, 0) is 0 Å². The third-order valence-corrected chi connectivity index (χ3v) is 4.63. The predicted molar refractivity (Wildman–Crippen MR) is 79.7 cm³/mol. The summed E-state index contributed by atoms with van der Waals surface area (Å²) in [6, 6.07) is 4.81. The summed E-state index contributed by atoms with van der Waals surface area (Å²) in [5.74, 6) is 0.475. The highest BCUT2D eigenvalue weighted by Crippen LogP contribution is 2.33. The molecule has 1 fully saturated rings. The number of carbonyl (C=O) groups excluding carboxylic acids is 1. The van der Waals surface area contributed by atoms with Gasteiger partial charge in [0, 0.05) is 12.1 Å². The van der Waals surface area contributed by atoms with Gasteiger partial charge in [-0.1, -0.05) is 19.8 Å². The summed E-state index contributed by atoms with van der Waals surface area (Å²) in [4.78, 5) is 12.5. The molecule has 0 aliphatic heterocycles. The first kappa shape index (κ1) is 14.9. The molecule has 2 atom stereocenters. The number of nitrogens with two attached hydrogens (primary N) is 1. The van der Waals surface area contributed by atoms with Crippen molar-refractivity contribution >= 4 is 5.91 Å². The zero-order valence-corrected chi connectivity index (χ0v) is 12.3. The molecule has 0 heterocycles. The van der Waals surface area contributed by atoms with Crippen LogP contribution in [0.1, 0.15) is 48.5 Å². The summed E-state index contributed by atoms with van der Waals surface area (Å²) in [6.07, 6.45) is 4.35. The number of aryl methyl sites for hydroxylation is 1. The van der Waals surface area contributed by atoms with Gasteiger partial charge in [-0.2, -0.15) is 0 Å². The van der Waals surface area contributed by atoms with Gasteiger partial charge in [0.1, 0.15) is 5.75 Å². The second kappa shape index (κ2) is 5.83. The Hall–Kier alpha value is -1.55. The molecule has 0 aromatic heterocycles. The van der Waals surface area contributed by atoms with Crippen molar-refractivity contribution in [2.24, 2.45) is 11.7 Å². The van der Waals surface area contributed by atoms with Gasteiger partial charge < -0.3 is 16.2 Å². The standard InChI is InChI=1S/C16H24N2O2/c1-11-9-13(19)6-7-14(11)15(20)18-16(10-17)8-4-3-5-12(16)2/h6-7,9,12,19H,3-5,8,10,17H2,1-2H3,(H,18,20). The van der Waals surface area contributed by atoms with Gasteiger partial charge in [-0.25, -0.2) is 0 Å². The van der Waals surface area contributed by atoms with Crippen LogP contribution in [0, 0.1) is 12.8 Å². The van der Waals surface area contributed by atoms with Gasteiger partial charge in [0.15, 0.2) is 0 Å². The van der Waals surface area contributed by atoms with Gasteiger partial charge in [-0.3, -0.25) is 4.79 Å². The van der Waals surface area contributed by atoms with E-state index in [0.717, 1.165) is 24.8 Å². The third kappa shape index (κ3) is 2.80. The number of hydrogen-bond acceptors (Lipinski definition) is 3. The van der Waals surface area contributed by atoms with Gasteiger partial charge in [-0.15, -0.1) is 0 Å². The normalized spacial score (nSPS) is 26.2. The van der Waals surface area contributed by atoms with E-state index in [-0.39, 0.29) is 17.2 Å². The maximum atomic E-state index is 12.5. The van der Waals surface area contributed by atoms with Gasteiger partial charge in [0.25, 0.3) is 5.91 Å². The molecule has 1 aromatic carbocycles. The second-order valence-corrected chi connectivity index (χ2v) is 5.96. The van der Waals surface area contributed by atoms with Crippen LogP contribution >= 0.6 is 0 Å². The molecule has 1 aliphatic carbocycles. The maximum Gasteiger partial charge on any atom is 0.252 e. The molecular formula is C16H24N2O2. The molecule has 0 bridgehead atoms. The van der Waals surface area contributed by atoms with E-state index in [2.05, 4.69) is 12.2 Å². The van der Waals surface area contributed by atoms with Crippen LogP contribution in [0.4, 0.5) is 0 Å². The first-order valence-electron chi connectivity index (χ1n) is 7.31. The molecule has 4 nitrogen and oxygen atoms in total. The zero-order valence-electron chi connectivity index (χ0n) is 12.3. The summed E-state index contributed by atoms with van der Waals surface area (Å²) in [7, 11) is 0. The fourth-order valence-corrected chi connectivity index (χ4v) is 3.15. The Kier molecular flexibility index (Phi) is 4.33. The Morgan fingerprint density at radius 3 is 2.85 bits per heavy atom. The van der Waals surface area contributed by atoms with Crippen molar-refractivity contribution in [1.29, 1.82) is 0 Å². The summed E-state index contributed by atoms with van der Waals surface area (Å²) in [5, 5.41) is 12.6. The lowest BCUT2D eigenvalue weighted by Gasteiger charge is -2.42. The number of rotatable bonds is 3. The van der Waals surface area contributed by atoms with E-state index in [4.69, 9.17) is 5.73 Å². The second-order valence-electron chi connectivity index (χ2n) is 5.96. The largest absolute Gasteiger partial charge is 0.508 e. The fourth-order valence-electron chi connectivity index (χ4n) is 3.15. The SMILES string of the molecule is Cc1cc(O)ccc1C(=O)NC1(CN)CCCCC1C. The van der Waals surface area contributed by atoms with E-state index < -0.39 is 0 Å². The minimum atomic E-state index is -0.292. The molecule has 2 unspecified atom stereocenters. The molecule has 4 heteroatoms. The topological polar surface area (TPSA) is 75.3 Å². The molecule has 4 N–H and O–H groups in total. The van der Waals surface area contributed by atoms with E-state index in [1.54, 1.807) is 18.2 Å². The van der Waals surface area contributed by atoms with Crippen molar-refractivity contribution < 1.29 is 9.90 Å². The molecule has 1 aliphatic rings. The number of phenolic OH excluding ortho intramolecular Hbond substituents is 1. The Balaban J connectivity index is 2.20. The number of carbonyl (C=O) groups is 1. The van der Waals surface area contributed by atoms with Crippen LogP contribution in [0.2, 0.25) is 0 Å². The highest BCUT2D eigenvalue weighted by Gasteiger charge is 2.38. The predicted octanol–water partition coefficient (Wildman–Crippen LogP) is 2.34. The first-order chi connectivity index (χ1) is 9.48. The number of benzene rings is 1. The number of amides is 1. The molecule has 0 saturated heterocycles. The lowest BCUT2D eigenvalue weighted by Crippen LogP contribution is -2.59. The average Bonchev–Trinajstić information content (AvgIpc) is 2.41. The number of phenols is 1. The van der Waals surface area contributed by atoms with E-state index in [0.29, 0.717) is 18.0 Å². The Morgan fingerprint density at radius 2 is 2.25 bits per heavy atom. The lowest BCUT2D eigenvalue weighted by molar-refractivity contribution is 0.0812. The van der Waals surface area contributed by atoms with Crippen LogP contribution in [0.15, 0.2) is 18.2 Å². The van der Waals surface area contributed by atoms with Crippen molar-refractivity contribution in [2.75, 3.05) is 6.54 Å². The molecule has 110 valence electrons. The average molecular weight is 276 g/mol. The van der Waals surface area contributed by atoms with Crippen LogP contribution in [0.5, 0.6) is 5.75 Å². The van der Waals surface area contributed by atoms with E-state index >= 15 is 0 Å². The summed E-state index contributed by atoms with van der Waals surface area (Å²) < 4.78 is 0. The monoisotopic (exact) mass is 276 g/mol. The van der Waals surface area contributed by atoms with Crippen LogP contribution in [-0.4, -0.2) is 23.1 Å². The van der Waals surface area contributed by atoms with Crippen LogP contribution in [0.3, 0.4) is 0 Å². The number of hydrogen-bond donors (Lipinski definition) is 3. The fraction of sp³-hybridized carbons (Fsp3) is 0.562. The Bertz CT molecular complexity index is 501. The number of aromatic hydroxyl groups is 1. The number of nitrogens with one attached hydrogen (secondary N) is 1. The van der Waals surface area contributed by atoms with Crippen molar-refractivity contribution in [3.8, 4) is 5.75 Å². The van der Waals surface area contributed by atoms with Gasteiger partial charge in [-0.05, 0) is 49.4 Å². The van der Waals surface area contributed by atoms with Crippen LogP contribution in [0.25, 0.3) is 0 Å². The lowest BCUT2D eigenvalue weighted by atomic mass is 9.73. The smallest absolute Gasteiger partial charge is 0.252 e. The van der Waals surface area contributed by atoms with E-state index in [9.17, 15) is 9.90 Å². The molecule has 20 heavy (non-hydrogen) atoms. The highest BCUT2D eigenvalue weighted by atomic mass is 16.3. The van der Waals surface area contributed by atoms with Crippen molar-refractivity contribution in [3.05, 3.63) is 29.3 Å². The van der Waals surface area contributed by atoms with Gasteiger partial charge >= 0.3 is 0 Å². The zero-order chi connectivity index (χ0) is 14.8. The molecule has 1 saturated carbocycles. The van der Waals surface area contributed by atoms with Gasteiger partial charge in [0.05, 0.1) is 5.54 Å². The highest BCUT2D eigenvalue weighted by molar-refractivity contribution is 5.96. The van der Waals surface area contributed by atoms with Crippen LogP contribution < -0.4 is 11.1 Å². The first-order valence-corrected chi connectivity index (χ1v) is 7.31. The Labute approximate surface area is 120 Å². The van der Waals surface area contributed by atoms with E-state index in [1.165, 1.54) is 6.42 Å². The van der Waals surface area contributed by atoms with Gasteiger partial charge in [0.2, 0.25) is 0 Å². The minimum Gasteiger partial charge on any atom is -0.508 e. The molecule has 0 spiro atoms. The quantitative estimate of drug-likeness (QED) is 0.793. The molecule has 2 rings (SSSR count). The maximum absolute atomic E-state index is 12.5. The third-order valence-electron chi connectivity index (χ3n) is 4.63. The van der Waals surface area contributed by atoms with Crippen molar-refractivity contribution in [3.63, 3.8) is 0 Å². The molecule has 1 aromatic rings. The summed E-state index contributed by atoms with van der Waals surface area (Å²) >= 11 is 0. The molecular weight excluding hydrogens is 252 g/mol. The molecule has 0 radical (unpaired) electrons. The summed E-state index contributed by atoms with van der Waals surface area (Å²) in [5.41, 5.74) is 7.05. The minimum absolute atomic E-state index is 0.0956. The summed E-state index contributed by atoms with van der Waals surface area (Å²) in [6.45, 7) is 4.46. The van der Waals surface area contributed by atoms with Crippen molar-refractivity contribution in [1.82, 2.24) is 5.32 Å². The van der Waals surface area contributed by atoms with Crippen molar-refractivity contribution in [2.45, 2.75) is 45.1 Å². The molecule has 1 amide bonds. The Morgan fingerprint density at radius 1 is 1.50 bits per heavy atom. The van der Waals surface area contributed by atoms with E-state index in [1.807, 2.05) is 6.92 Å².